The molecular formula is C12H15NO3S2. The van der Waals surface area contributed by atoms with Crippen molar-refractivity contribution >= 4 is 28.0 Å². The SMILES string of the molecule is CCS(=O)CCNC(=O)c1sccc1C#CCO. The molecule has 0 saturated heterocycles. The monoisotopic (exact) mass is 285 g/mol. The predicted molar refractivity (Wildman–Crippen MR) is 74.2 cm³/mol. The van der Waals surface area contributed by atoms with E-state index in [2.05, 4.69) is 17.2 Å². The van der Waals surface area contributed by atoms with Crippen molar-refractivity contribution in [1.29, 1.82) is 0 Å². The second-order valence-electron chi connectivity index (χ2n) is 3.31. The summed E-state index contributed by atoms with van der Waals surface area (Å²) in [5.74, 6) is 6.09. The molecule has 4 nitrogen and oxygen atoms in total. The van der Waals surface area contributed by atoms with E-state index in [-0.39, 0.29) is 12.5 Å². The summed E-state index contributed by atoms with van der Waals surface area (Å²) in [5, 5.41) is 13.1. The largest absolute Gasteiger partial charge is 0.384 e. The highest BCUT2D eigenvalue weighted by Crippen LogP contribution is 2.15. The number of thiophene rings is 1. The number of hydrogen-bond acceptors (Lipinski definition) is 4. The van der Waals surface area contributed by atoms with Gasteiger partial charge in [-0.05, 0) is 11.4 Å². The molecule has 6 heteroatoms. The molecule has 0 aliphatic heterocycles. The molecule has 0 aromatic carbocycles. The molecule has 2 N–H and O–H groups in total. The van der Waals surface area contributed by atoms with E-state index >= 15 is 0 Å². The Morgan fingerprint density at radius 2 is 2.39 bits per heavy atom. The van der Waals surface area contributed by atoms with Crippen LogP contribution in [-0.4, -0.2) is 39.9 Å². The van der Waals surface area contributed by atoms with Crippen LogP contribution in [-0.2, 0) is 10.8 Å². The smallest absolute Gasteiger partial charge is 0.262 e. The number of rotatable bonds is 5. The van der Waals surface area contributed by atoms with Crippen LogP contribution in [0.1, 0.15) is 22.2 Å². The number of carbonyl (C=O) groups is 1. The normalized spacial score (nSPS) is 11.4. The maximum atomic E-state index is 11.8. The molecule has 1 aromatic rings. The molecule has 0 spiro atoms. The molecule has 0 bridgehead atoms. The summed E-state index contributed by atoms with van der Waals surface area (Å²) in [7, 11) is -0.873. The zero-order chi connectivity index (χ0) is 13.4. The Bertz CT molecular complexity index is 485. The number of amides is 1. The van der Waals surface area contributed by atoms with Crippen LogP contribution in [0.15, 0.2) is 11.4 Å². The lowest BCUT2D eigenvalue weighted by Crippen LogP contribution is -2.27. The molecule has 98 valence electrons. The van der Waals surface area contributed by atoms with E-state index in [0.717, 1.165) is 0 Å². The van der Waals surface area contributed by atoms with Gasteiger partial charge in [0.2, 0.25) is 0 Å². The number of hydrogen-bond donors (Lipinski definition) is 2. The van der Waals surface area contributed by atoms with Crippen molar-refractivity contribution < 1.29 is 14.1 Å². The minimum absolute atomic E-state index is 0.208. The van der Waals surface area contributed by atoms with Crippen molar-refractivity contribution in [1.82, 2.24) is 5.32 Å². The Kier molecular flexibility index (Phi) is 6.65. The van der Waals surface area contributed by atoms with E-state index in [0.29, 0.717) is 28.5 Å². The van der Waals surface area contributed by atoms with Gasteiger partial charge in [-0.25, -0.2) is 0 Å². The van der Waals surface area contributed by atoms with Crippen LogP contribution in [0.25, 0.3) is 0 Å². The van der Waals surface area contributed by atoms with Gasteiger partial charge >= 0.3 is 0 Å². The molecule has 1 rings (SSSR count). The first-order valence-corrected chi connectivity index (χ1v) is 7.86. The van der Waals surface area contributed by atoms with Gasteiger partial charge in [0.05, 0.1) is 0 Å². The van der Waals surface area contributed by atoms with Gasteiger partial charge in [-0.3, -0.25) is 9.00 Å². The average Bonchev–Trinajstić information content (AvgIpc) is 2.84. The first kappa shape index (κ1) is 14.9. The van der Waals surface area contributed by atoms with Gasteiger partial charge in [-0.2, -0.15) is 0 Å². The summed E-state index contributed by atoms with van der Waals surface area (Å²) in [6, 6.07) is 1.74. The lowest BCUT2D eigenvalue weighted by Gasteiger charge is -2.03. The third-order valence-corrected chi connectivity index (χ3v) is 4.33. The van der Waals surface area contributed by atoms with Crippen molar-refractivity contribution in [2.24, 2.45) is 0 Å². The standard InChI is InChI=1S/C12H15NO3S2/c1-2-18(16)9-6-13-12(15)11-10(4-3-7-14)5-8-17-11/h5,8,14H,2,6-7,9H2,1H3,(H,13,15). The third kappa shape index (κ3) is 4.61. The first-order valence-electron chi connectivity index (χ1n) is 5.49. The number of aliphatic hydroxyl groups excluding tert-OH is 1. The van der Waals surface area contributed by atoms with Gasteiger partial charge in [-0.1, -0.05) is 18.8 Å². The molecule has 1 atom stereocenters. The highest BCUT2D eigenvalue weighted by Gasteiger charge is 2.11. The fourth-order valence-electron chi connectivity index (χ4n) is 1.22. The van der Waals surface area contributed by atoms with Crippen molar-refractivity contribution in [2.45, 2.75) is 6.92 Å². The maximum Gasteiger partial charge on any atom is 0.262 e. The molecule has 1 aromatic heterocycles. The Morgan fingerprint density at radius 1 is 1.61 bits per heavy atom. The van der Waals surface area contributed by atoms with E-state index in [1.807, 2.05) is 6.92 Å². The zero-order valence-electron chi connectivity index (χ0n) is 10.1. The summed E-state index contributed by atoms with van der Waals surface area (Å²) in [6.45, 7) is 2.01. The van der Waals surface area contributed by atoms with Gasteiger partial charge < -0.3 is 10.4 Å². The number of nitrogens with one attached hydrogen (secondary N) is 1. The maximum absolute atomic E-state index is 11.8. The molecule has 0 radical (unpaired) electrons. The Labute approximate surface area is 113 Å². The Hall–Kier alpha value is -1.16. The minimum Gasteiger partial charge on any atom is -0.384 e. The van der Waals surface area contributed by atoms with Crippen LogP contribution < -0.4 is 5.32 Å². The minimum atomic E-state index is -0.873. The zero-order valence-corrected chi connectivity index (χ0v) is 11.7. The third-order valence-electron chi connectivity index (χ3n) is 2.11. The van der Waals surface area contributed by atoms with Crippen molar-refractivity contribution in [3.63, 3.8) is 0 Å². The van der Waals surface area contributed by atoms with Crippen LogP contribution in [0, 0.1) is 11.8 Å². The Balaban J connectivity index is 2.56. The lowest BCUT2D eigenvalue weighted by atomic mass is 10.2. The summed E-state index contributed by atoms with van der Waals surface area (Å²) in [6.07, 6.45) is 0. The van der Waals surface area contributed by atoms with Gasteiger partial charge in [0.15, 0.2) is 0 Å². The molecule has 18 heavy (non-hydrogen) atoms. The topological polar surface area (TPSA) is 66.4 Å². The van der Waals surface area contributed by atoms with Gasteiger partial charge in [0.25, 0.3) is 5.91 Å². The average molecular weight is 285 g/mol. The first-order chi connectivity index (χ1) is 8.69. The van der Waals surface area contributed by atoms with E-state index < -0.39 is 10.8 Å². The summed E-state index contributed by atoms with van der Waals surface area (Å²) in [4.78, 5) is 12.4. The van der Waals surface area contributed by atoms with E-state index in [4.69, 9.17) is 5.11 Å². The van der Waals surface area contributed by atoms with Crippen LogP contribution in [0.2, 0.25) is 0 Å². The van der Waals surface area contributed by atoms with Crippen molar-refractivity contribution in [2.75, 3.05) is 24.7 Å². The molecule has 1 heterocycles. The molecule has 0 saturated carbocycles. The second-order valence-corrected chi connectivity index (χ2v) is 6.09. The fraction of sp³-hybridized carbons (Fsp3) is 0.417. The molecular weight excluding hydrogens is 270 g/mol. The van der Waals surface area contributed by atoms with Gasteiger partial charge in [-0.15, -0.1) is 11.3 Å². The summed E-state index contributed by atoms with van der Waals surface area (Å²) in [5.41, 5.74) is 0.614. The van der Waals surface area contributed by atoms with Crippen molar-refractivity contribution in [3.05, 3.63) is 21.9 Å². The molecule has 1 unspecified atom stereocenters. The summed E-state index contributed by atoms with van der Waals surface area (Å²) >= 11 is 1.30. The Morgan fingerprint density at radius 3 is 3.06 bits per heavy atom. The summed E-state index contributed by atoms with van der Waals surface area (Å²) < 4.78 is 11.2. The van der Waals surface area contributed by atoms with E-state index in [9.17, 15) is 9.00 Å². The quantitative estimate of drug-likeness (QED) is 0.778. The second kappa shape index (κ2) is 8.03. The highest BCUT2D eigenvalue weighted by molar-refractivity contribution is 7.84. The van der Waals surface area contributed by atoms with Gasteiger partial charge in [0, 0.05) is 34.4 Å². The number of aliphatic hydroxyl groups is 1. The number of carbonyl (C=O) groups excluding carboxylic acids is 1. The van der Waals surface area contributed by atoms with Crippen molar-refractivity contribution in [3.8, 4) is 11.8 Å². The van der Waals surface area contributed by atoms with Crippen LogP contribution >= 0.6 is 11.3 Å². The van der Waals surface area contributed by atoms with Crippen LogP contribution in [0.5, 0.6) is 0 Å². The molecule has 0 aliphatic carbocycles. The van der Waals surface area contributed by atoms with Crippen LogP contribution in [0.3, 0.4) is 0 Å². The molecule has 0 aliphatic rings. The van der Waals surface area contributed by atoms with E-state index in [1.165, 1.54) is 11.3 Å². The highest BCUT2D eigenvalue weighted by atomic mass is 32.2. The molecule has 1 amide bonds. The van der Waals surface area contributed by atoms with E-state index in [1.54, 1.807) is 11.4 Å². The fourth-order valence-corrected chi connectivity index (χ4v) is 2.61. The lowest BCUT2D eigenvalue weighted by molar-refractivity contribution is 0.0960. The predicted octanol–water partition coefficient (Wildman–Crippen LogP) is 0.590. The van der Waals surface area contributed by atoms with Crippen LogP contribution in [0.4, 0.5) is 0 Å². The van der Waals surface area contributed by atoms with Gasteiger partial charge in [0.1, 0.15) is 11.5 Å². The molecule has 0 fully saturated rings.